The zero-order valence-electron chi connectivity index (χ0n) is 13.8. The lowest BCUT2D eigenvalue weighted by Gasteiger charge is -2.32. The van der Waals surface area contributed by atoms with E-state index in [9.17, 15) is 9.59 Å². The van der Waals surface area contributed by atoms with Crippen LogP contribution in [0.5, 0.6) is 0 Å². The summed E-state index contributed by atoms with van der Waals surface area (Å²) in [6.07, 6.45) is 0.307. The number of carbonyl (C=O) groups excluding carboxylic acids is 2. The van der Waals surface area contributed by atoms with Gasteiger partial charge < -0.3 is 10.1 Å². The minimum atomic E-state index is -0.775. The summed E-state index contributed by atoms with van der Waals surface area (Å²) in [6.45, 7) is 4.33. The van der Waals surface area contributed by atoms with Crippen LogP contribution in [-0.2, 0) is 14.3 Å². The van der Waals surface area contributed by atoms with Crippen molar-refractivity contribution in [3.63, 3.8) is 0 Å². The maximum Gasteiger partial charge on any atom is 0.337 e. The molecule has 6 heteroatoms. The van der Waals surface area contributed by atoms with E-state index in [1.807, 2.05) is 32.0 Å². The van der Waals surface area contributed by atoms with Gasteiger partial charge >= 0.3 is 5.97 Å². The van der Waals surface area contributed by atoms with E-state index in [0.29, 0.717) is 24.2 Å². The Bertz CT molecular complexity index is 726. The first-order valence-corrected chi connectivity index (χ1v) is 8.28. The first-order chi connectivity index (χ1) is 11.5. The number of hydrogen-bond donors (Lipinski definition) is 3. The number of nitrogens with one attached hydrogen (secondary N) is 3. The standard InChI is InChI=1S/C18H21N3O3/c1-18(2)16-14(17(23)24-18)11(8-13(22)20-16)12-9-19-21-15(12)10-6-4-3-5-7-10/h3-7,11-12,15,19,21H,8-9H2,1-2H3,(H,20,22). The van der Waals surface area contributed by atoms with Gasteiger partial charge in [0.15, 0.2) is 0 Å². The van der Waals surface area contributed by atoms with Crippen LogP contribution in [0.2, 0.25) is 0 Å². The summed E-state index contributed by atoms with van der Waals surface area (Å²) in [4.78, 5) is 24.7. The lowest BCUT2D eigenvalue weighted by atomic mass is 9.75. The average molecular weight is 327 g/mol. The molecular weight excluding hydrogens is 306 g/mol. The summed E-state index contributed by atoms with van der Waals surface area (Å²) in [5.41, 5.74) is 8.12. The number of hydrazine groups is 1. The first kappa shape index (κ1) is 15.4. The molecule has 3 unspecified atom stereocenters. The summed E-state index contributed by atoms with van der Waals surface area (Å²) < 4.78 is 5.51. The molecule has 0 spiro atoms. The average Bonchev–Trinajstić information content (AvgIpc) is 3.11. The lowest BCUT2D eigenvalue weighted by molar-refractivity contribution is -0.145. The van der Waals surface area contributed by atoms with Gasteiger partial charge in [0, 0.05) is 24.8 Å². The Morgan fingerprint density at radius 2 is 1.92 bits per heavy atom. The molecule has 1 saturated heterocycles. The van der Waals surface area contributed by atoms with Crippen LogP contribution in [0.3, 0.4) is 0 Å². The van der Waals surface area contributed by atoms with E-state index in [2.05, 4.69) is 28.3 Å². The van der Waals surface area contributed by atoms with Gasteiger partial charge in [-0.2, -0.15) is 0 Å². The van der Waals surface area contributed by atoms with Crippen LogP contribution >= 0.6 is 0 Å². The van der Waals surface area contributed by atoms with E-state index in [0.717, 1.165) is 5.56 Å². The van der Waals surface area contributed by atoms with Gasteiger partial charge in [0.25, 0.3) is 0 Å². The van der Waals surface area contributed by atoms with Crippen LogP contribution in [0, 0.1) is 11.8 Å². The van der Waals surface area contributed by atoms with Crippen molar-refractivity contribution in [2.75, 3.05) is 6.54 Å². The van der Waals surface area contributed by atoms with Gasteiger partial charge in [-0.15, -0.1) is 0 Å². The van der Waals surface area contributed by atoms with Crippen molar-refractivity contribution in [3.05, 3.63) is 47.2 Å². The summed E-state index contributed by atoms with van der Waals surface area (Å²) in [5.74, 6) is -0.414. The second-order valence-electron chi connectivity index (χ2n) is 7.12. The molecule has 6 nitrogen and oxygen atoms in total. The van der Waals surface area contributed by atoms with Gasteiger partial charge in [0.05, 0.1) is 17.3 Å². The zero-order chi connectivity index (χ0) is 16.9. The van der Waals surface area contributed by atoms with Crippen molar-refractivity contribution in [1.82, 2.24) is 16.2 Å². The van der Waals surface area contributed by atoms with Crippen LogP contribution < -0.4 is 16.2 Å². The predicted octanol–water partition coefficient (Wildman–Crippen LogP) is 1.18. The normalized spacial score (nSPS) is 31.7. The highest BCUT2D eigenvalue weighted by molar-refractivity contribution is 5.97. The minimum absolute atomic E-state index is 0.0485. The number of hydrogen-bond acceptors (Lipinski definition) is 5. The van der Waals surface area contributed by atoms with E-state index in [4.69, 9.17) is 4.74 Å². The van der Waals surface area contributed by atoms with E-state index in [1.165, 1.54) is 0 Å². The van der Waals surface area contributed by atoms with E-state index < -0.39 is 5.60 Å². The van der Waals surface area contributed by atoms with E-state index in [1.54, 1.807) is 0 Å². The van der Waals surface area contributed by atoms with Crippen molar-refractivity contribution >= 4 is 11.9 Å². The van der Waals surface area contributed by atoms with Crippen molar-refractivity contribution < 1.29 is 14.3 Å². The molecule has 1 aromatic rings. The maximum absolute atomic E-state index is 12.5. The summed E-state index contributed by atoms with van der Waals surface area (Å²) >= 11 is 0. The number of ether oxygens (including phenoxy) is 1. The van der Waals surface area contributed by atoms with Crippen molar-refractivity contribution in [2.45, 2.75) is 31.9 Å². The second-order valence-corrected chi connectivity index (χ2v) is 7.12. The molecule has 0 bridgehead atoms. The molecule has 3 N–H and O–H groups in total. The number of amides is 1. The number of esters is 1. The van der Waals surface area contributed by atoms with E-state index >= 15 is 0 Å². The predicted molar refractivity (Wildman–Crippen MR) is 87.3 cm³/mol. The third-order valence-electron chi connectivity index (χ3n) is 5.18. The van der Waals surface area contributed by atoms with Gasteiger partial charge in [-0.1, -0.05) is 30.3 Å². The molecular formula is C18H21N3O3. The number of cyclic esters (lactones) is 1. The molecule has 126 valence electrons. The van der Waals surface area contributed by atoms with Crippen LogP contribution in [0.4, 0.5) is 0 Å². The highest BCUT2D eigenvalue weighted by Crippen LogP contribution is 2.44. The third-order valence-corrected chi connectivity index (χ3v) is 5.18. The zero-order valence-corrected chi connectivity index (χ0v) is 13.8. The fourth-order valence-corrected chi connectivity index (χ4v) is 4.05. The van der Waals surface area contributed by atoms with Gasteiger partial charge in [0.2, 0.25) is 5.91 Å². The topological polar surface area (TPSA) is 79.5 Å². The second kappa shape index (κ2) is 5.43. The Kier molecular flexibility index (Phi) is 3.47. The van der Waals surface area contributed by atoms with Crippen molar-refractivity contribution in [2.24, 2.45) is 11.8 Å². The molecule has 0 radical (unpaired) electrons. The molecule has 1 aromatic carbocycles. The van der Waals surface area contributed by atoms with Gasteiger partial charge in [-0.05, 0) is 19.4 Å². The Balaban J connectivity index is 1.73. The number of carbonyl (C=O) groups is 2. The highest BCUT2D eigenvalue weighted by atomic mass is 16.6. The maximum atomic E-state index is 12.5. The molecule has 0 aliphatic carbocycles. The molecule has 3 aliphatic heterocycles. The molecule has 1 fully saturated rings. The van der Waals surface area contributed by atoms with Crippen LogP contribution in [0.25, 0.3) is 0 Å². The quantitative estimate of drug-likeness (QED) is 0.711. The Morgan fingerprint density at radius 1 is 1.17 bits per heavy atom. The Labute approximate surface area is 140 Å². The first-order valence-electron chi connectivity index (χ1n) is 8.28. The van der Waals surface area contributed by atoms with Gasteiger partial charge in [-0.25, -0.2) is 10.2 Å². The molecule has 3 aliphatic rings. The van der Waals surface area contributed by atoms with Crippen LogP contribution in [0.1, 0.15) is 31.9 Å². The monoisotopic (exact) mass is 327 g/mol. The Hall–Kier alpha value is -2.18. The molecule has 24 heavy (non-hydrogen) atoms. The summed E-state index contributed by atoms with van der Waals surface area (Å²) in [5, 5.41) is 2.86. The van der Waals surface area contributed by atoms with Gasteiger partial charge in [0.1, 0.15) is 5.60 Å². The lowest BCUT2D eigenvalue weighted by Crippen LogP contribution is -2.41. The van der Waals surface area contributed by atoms with Crippen LogP contribution in [-0.4, -0.2) is 24.0 Å². The highest BCUT2D eigenvalue weighted by Gasteiger charge is 2.50. The molecule has 3 heterocycles. The SMILES string of the molecule is CC1(C)OC(=O)C2=C1NC(=O)CC2C1CNNC1c1ccccc1. The number of rotatable bonds is 2. The van der Waals surface area contributed by atoms with Gasteiger partial charge in [-0.3, -0.25) is 10.2 Å². The third kappa shape index (κ3) is 2.34. The van der Waals surface area contributed by atoms with Crippen molar-refractivity contribution in [1.29, 1.82) is 0 Å². The van der Waals surface area contributed by atoms with Crippen molar-refractivity contribution in [3.8, 4) is 0 Å². The molecule has 4 rings (SSSR count). The molecule has 0 saturated carbocycles. The van der Waals surface area contributed by atoms with Crippen LogP contribution in [0.15, 0.2) is 41.6 Å². The Morgan fingerprint density at radius 3 is 2.67 bits per heavy atom. The summed E-state index contributed by atoms with van der Waals surface area (Å²) in [6, 6.07) is 10.1. The molecule has 1 amide bonds. The molecule has 0 aromatic heterocycles. The fraction of sp³-hybridized carbons (Fsp3) is 0.444. The van der Waals surface area contributed by atoms with E-state index in [-0.39, 0.29) is 29.8 Å². The minimum Gasteiger partial charge on any atom is -0.450 e. The fourth-order valence-electron chi connectivity index (χ4n) is 4.05. The number of benzene rings is 1. The summed E-state index contributed by atoms with van der Waals surface area (Å²) in [7, 11) is 0. The molecule has 3 atom stereocenters. The largest absolute Gasteiger partial charge is 0.450 e. The smallest absolute Gasteiger partial charge is 0.337 e.